The third-order valence-electron chi connectivity index (χ3n) is 4.61. The number of morpholine rings is 1. The molecule has 0 atom stereocenters. The minimum absolute atomic E-state index is 0.240. The summed E-state index contributed by atoms with van der Waals surface area (Å²) in [5.41, 5.74) is 2.53. The number of benzene rings is 1. The van der Waals surface area contributed by atoms with Crippen molar-refractivity contribution >= 4 is 23.2 Å². The zero-order valence-electron chi connectivity index (χ0n) is 16.3. The molecule has 6 nitrogen and oxygen atoms in total. The first kappa shape index (κ1) is 19.9. The largest absolute Gasteiger partial charge is 0.379 e. The maximum atomic E-state index is 12.8. The van der Waals surface area contributed by atoms with Gasteiger partial charge in [0.1, 0.15) is 17.0 Å². The SMILES string of the molecule is Cc1onc(C(C)(C)C)c1C(=O)Nc1ccc(CN2CCOCC2)c(Cl)c1. The van der Waals surface area contributed by atoms with E-state index in [1.165, 1.54) is 0 Å². The summed E-state index contributed by atoms with van der Waals surface area (Å²) in [4.78, 5) is 15.1. The number of nitrogens with zero attached hydrogens (tertiary/aromatic N) is 2. The summed E-state index contributed by atoms with van der Waals surface area (Å²) in [6, 6.07) is 5.62. The molecule has 1 fully saturated rings. The quantitative estimate of drug-likeness (QED) is 0.852. The molecule has 1 aromatic carbocycles. The van der Waals surface area contributed by atoms with Crippen molar-refractivity contribution in [1.29, 1.82) is 0 Å². The maximum absolute atomic E-state index is 12.8. The first-order chi connectivity index (χ1) is 12.8. The van der Waals surface area contributed by atoms with Crippen LogP contribution in [0, 0.1) is 6.92 Å². The van der Waals surface area contributed by atoms with Crippen LogP contribution in [-0.2, 0) is 16.7 Å². The fourth-order valence-corrected chi connectivity index (χ4v) is 3.34. The highest BCUT2D eigenvalue weighted by Crippen LogP contribution is 2.28. The van der Waals surface area contributed by atoms with Gasteiger partial charge in [-0.1, -0.05) is 43.6 Å². The van der Waals surface area contributed by atoms with Crippen LogP contribution >= 0.6 is 11.6 Å². The number of anilines is 1. The number of hydrogen-bond acceptors (Lipinski definition) is 5. The van der Waals surface area contributed by atoms with Crippen molar-refractivity contribution in [3.05, 3.63) is 45.8 Å². The third-order valence-corrected chi connectivity index (χ3v) is 4.96. The van der Waals surface area contributed by atoms with Crippen LogP contribution in [0.25, 0.3) is 0 Å². The molecule has 2 aromatic rings. The van der Waals surface area contributed by atoms with Gasteiger partial charge in [0.15, 0.2) is 0 Å². The van der Waals surface area contributed by atoms with Crippen molar-refractivity contribution < 1.29 is 14.1 Å². The van der Waals surface area contributed by atoms with Crippen LogP contribution in [0.2, 0.25) is 5.02 Å². The van der Waals surface area contributed by atoms with E-state index in [1.807, 2.05) is 32.9 Å². The van der Waals surface area contributed by atoms with Gasteiger partial charge in [0.2, 0.25) is 0 Å². The number of hydrogen-bond donors (Lipinski definition) is 1. The predicted molar refractivity (Wildman–Crippen MR) is 105 cm³/mol. The topological polar surface area (TPSA) is 67.6 Å². The Morgan fingerprint density at radius 2 is 2.00 bits per heavy atom. The van der Waals surface area contributed by atoms with Crippen LogP contribution in [0.15, 0.2) is 22.7 Å². The molecule has 2 heterocycles. The lowest BCUT2D eigenvalue weighted by Crippen LogP contribution is -2.35. The maximum Gasteiger partial charge on any atom is 0.261 e. The molecular weight excluding hydrogens is 366 g/mol. The molecular formula is C20H26ClN3O3. The van der Waals surface area contributed by atoms with Crippen LogP contribution in [0.1, 0.15) is 48.1 Å². The molecule has 0 spiro atoms. The number of aromatic nitrogens is 1. The zero-order chi connectivity index (χ0) is 19.6. The fourth-order valence-electron chi connectivity index (χ4n) is 3.10. The van der Waals surface area contributed by atoms with E-state index >= 15 is 0 Å². The summed E-state index contributed by atoms with van der Waals surface area (Å²) in [6.45, 7) is 11.8. The van der Waals surface area contributed by atoms with Gasteiger partial charge in [-0.3, -0.25) is 9.69 Å². The Labute approximate surface area is 164 Å². The highest BCUT2D eigenvalue weighted by Gasteiger charge is 2.29. The number of carbonyl (C=O) groups is 1. The van der Waals surface area contributed by atoms with Crippen LogP contribution < -0.4 is 5.32 Å². The van der Waals surface area contributed by atoms with Gasteiger partial charge in [0, 0.05) is 35.8 Å². The second kappa shape index (κ2) is 8.00. The molecule has 1 aliphatic rings. The van der Waals surface area contributed by atoms with Gasteiger partial charge >= 0.3 is 0 Å². The summed E-state index contributed by atoms with van der Waals surface area (Å²) >= 11 is 6.45. The average molecular weight is 392 g/mol. The van der Waals surface area contributed by atoms with Crippen molar-refractivity contribution in [1.82, 2.24) is 10.1 Å². The number of nitrogens with one attached hydrogen (secondary N) is 1. The van der Waals surface area contributed by atoms with Gasteiger partial charge in [0.05, 0.1) is 13.2 Å². The molecule has 0 unspecified atom stereocenters. The van der Waals surface area contributed by atoms with Crippen LogP contribution in [0.5, 0.6) is 0 Å². The molecule has 0 bridgehead atoms. The average Bonchev–Trinajstić information content (AvgIpc) is 3.00. The fraction of sp³-hybridized carbons (Fsp3) is 0.500. The Balaban J connectivity index is 1.74. The standard InChI is InChI=1S/C20H26ClN3O3/c1-13-17(18(23-27-13)20(2,3)4)19(25)22-15-6-5-14(16(21)11-15)12-24-7-9-26-10-8-24/h5-6,11H,7-10,12H2,1-4H3,(H,22,25). The predicted octanol–water partition coefficient (Wildman–Crippen LogP) is 4.02. The third kappa shape index (κ3) is 4.69. The lowest BCUT2D eigenvalue weighted by molar-refractivity contribution is 0.0342. The van der Waals surface area contributed by atoms with E-state index in [0.717, 1.165) is 38.4 Å². The molecule has 1 amide bonds. The molecule has 146 valence electrons. The summed E-state index contributed by atoms with van der Waals surface area (Å²) in [5.74, 6) is 0.267. The number of ether oxygens (including phenoxy) is 1. The number of aryl methyl sites for hydroxylation is 1. The van der Waals surface area contributed by atoms with E-state index in [-0.39, 0.29) is 11.3 Å². The highest BCUT2D eigenvalue weighted by atomic mass is 35.5. The minimum atomic E-state index is -0.288. The zero-order valence-corrected chi connectivity index (χ0v) is 17.0. The van der Waals surface area contributed by atoms with Gasteiger partial charge in [-0.2, -0.15) is 0 Å². The summed E-state index contributed by atoms with van der Waals surface area (Å²) < 4.78 is 10.6. The lowest BCUT2D eigenvalue weighted by Gasteiger charge is -2.27. The number of amides is 1. The second-order valence-corrected chi connectivity index (χ2v) is 8.27. The Kier molecular flexibility index (Phi) is 5.89. The molecule has 0 saturated carbocycles. The Morgan fingerprint density at radius 1 is 1.30 bits per heavy atom. The summed E-state index contributed by atoms with van der Waals surface area (Å²) in [6.07, 6.45) is 0. The molecule has 0 aliphatic carbocycles. The van der Waals surface area contributed by atoms with Crippen LogP contribution in [-0.4, -0.2) is 42.3 Å². The van der Waals surface area contributed by atoms with E-state index < -0.39 is 0 Å². The highest BCUT2D eigenvalue weighted by molar-refractivity contribution is 6.31. The molecule has 1 aromatic heterocycles. The smallest absolute Gasteiger partial charge is 0.261 e. The van der Waals surface area contributed by atoms with Gasteiger partial charge in [0.25, 0.3) is 5.91 Å². The first-order valence-electron chi connectivity index (χ1n) is 9.12. The molecule has 3 rings (SSSR count). The summed E-state index contributed by atoms with van der Waals surface area (Å²) in [7, 11) is 0. The van der Waals surface area contributed by atoms with Crippen molar-refractivity contribution in [2.45, 2.75) is 39.7 Å². The van der Waals surface area contributed by atoms with E-state index in [4.69, 9.17) is 20.9 Å². The minimum Gasteiger partial charge on any atom is -0.379 e. The van der Waals surface area contributed by atoms with Crippen molar-refractivity contribution in [3.63, 3.8) is 0 Å². The van der Waals surface area contributed by atoms with E-state index in [2.05, 4.69) is 15.4 Å². The van der Waals surface area contributed by atoms with E-state index in [9.17, 15) is 4.79 Å². The molecule has 7 heteroatoms. The second-order valence-electron chi connectivity index (χ2n) is 7.86. The first-order valence-corrected chi connectivity index (χ1v) is 9.50. The van der Waals surface area contributed by atoms with Gasteiger partial charge in [-0.15, -0.1) is 0 Å². The molecule has 27 heavy (non-hydrogen) atoms. The van der Waals surface area contributed by atoms with Crippen molar-refractivity contribution in [2.24, 2.45) is 0 Å². The Morgan fingerprint density at radius 3 is 2.63 bits per heavy atom. The van der Waals surface area contributed by atoms with Gasteiger partial charge in [-0.25, -0.2) is 0 Å². The summed E-state index contributed by atoms with van der Waals surface area (Å²) in [5, 5.41) is 7.62. The van der Waals surface area contributed by atoms with E-state index in [0.29, 0.717) is 27.7 Å². The van der Waals surface area contributed by atoms with Gasteiger partial charge in [-0.05, 0) is 24.6 Å². The lowest BCUT2D eigenvalue weighted by atomic mass is 9.88. The monoisotopic (exact) mass is 391 g/mol. The molecule has 1 N–H and O–H groups in total. The van der Waals surface area contributed by atoms with Crippen LogP contribution in [0.3, 0.4) is 0 Å². The molecule has 1 aliphatic heterocycles. The number of rotatable bonds is 4. The van der Waals surface area contributed by atoms with Crippen LogP contribution in [0.4, 0.5) is 5.69 Å². The number of carbonyl (C=O) groups excluding carboxylic acids is 1. The Bertz CT molecular complexity index is 820. The van der Waals surface area contributed by atoms with Crippen molar-refractivity contribution in [2.75, 3.05) is 31.6 Å². The normalized spacial score (nSPS) is 15.7. The number of halogens is 1. The van der Waals surface area contributed by atoms with E-state index in [1.54, 1.807) is 13.0 Å². The molecule has 1 saturated heterocycles. The van der Waals surface area contributed by atoms with Gasteiger partial charge < -0.3 is 14.6 Å². The Hall–Kier alpha value is -1.89. The van der Waals surface area contributed by atoms with Crippen molar-refractivity contribution in [3.8, 4) is 0 Å². The molecule has 0 radical (unpaired) electrons.